The van der Waals surface area contributed by atoms with Gasteiger partial charge < -0.3 is 19.1 Å². The second-order valence-electron chi connectivity index (χ2n) is 5.70. The third-order valence-corrected chi connectivity index (χ3v) is 6.52. The van der Waals surface area contributed by atoms with Crippen molar-refractivity contribution >= 4 is 47.0 Å². The zero-order chi connectivity index (χ0) is 23.6. The lowest BCUT2D eigenvalue weighted by Gasteiger charge is -1.95. The van der Waals surface area contributed by atoms with Gasteiger partial charge in [-0.05, 0) is 24.0 Å². The van der Waals surface area contributed by atoms with Gasteiger partial charge >= 0.3 is 0 Å². The van der Waals surface area contributed by atoms with Crippen molar-refractivity contribution in [2.75, 3.05) is 24.0 Å². The van der Waals surface area contributed by atoms with E-state index >= 15 is 0 Å². The number of hydrogen-bond acceptors (Lipinski definition) is 8. The first-order chi connectivity index (χ1) is 15.5. The van der Waals surface area contributed by atoms with Crippen molar-refractivity contribution in [1.29, 1.82) is 0 Å². The number of hydrogen-bond donors (Lipinski definition) is 2. The van der Waals surface area contributed by atoms with Crippen LogP contribution in [0.1, 0.15) is 13.8 Å². The van der Waals surface area contributed by atoms with Crippen molar-refractivity contribution in [2.24, 2.45) is 14.1 Å². The molecule has 176 valence electrons. The number of aromatic amines is 2. The summed E-state index contributed by atoms with van der Waals surface area (Å²) in [6.07, 6.45) is 18.7. The fourth-order valence-corrected chi connectivity index (χ4v) is 4.08. The summed E-state index contributed by atoms with van der Waals surface area (Å²) in [5.41, 5.74) is 0. The first kappa shape index (κ1) is 28.3. The molecule has 12 heteroatoms. The van der Waals surface area contributed by atoms with Gasteiger partial charge in [-0.2, -0.15) is 0 Å². The molecule has 0 saturated carbocycles. The maximum atomic E-state index is 4.13. The zero-order valence-electron chi connectivity index (χ0n) is 19.3. The number of aryl methyl sites for hydroxylation is 2. The summed E-state index contributed by atoms with van der Waals surface area (Å²) in [7, 11) is 3.99. The molecule has 0 aromatic carbocycles. The van der Waals surface area contributed by atoms with Crippen LogP contribution < -0.4 is 0 Å². The maximum absolute atomic E-state index is 4.13. The van der Waals surface area contributed by atoms with E-state index in [9.17, 15) is 0 Å². The molecule has 4 heterocycles. The molecular formula is C20H32N8S4. The van der Waals surface area contributed by atoms with Crippen molar-refractivity contribution in [3.63, 3.8) is 0 Å². The lowest BCUT2D eigenvalue weighted by molar-refractivity contribution is 0.790. The first-order valence-corrected chi connectivity index (χ1v) is 14.2. The monoisotopic (exact) mass is 512 g/mol. The van der Waals surface area contributed by atoms with E-state index in [0.717, 1.165) is 32.1 Å². The summed E-state index contributed by atoms with van der Waals surface area (Å²) in [5.74, 6) is 2.17. The molecule has 0 bridgehead atoms. The minimum absolute atomic E-state index is 0.972. The lowest BCUT2D eigenvalue weighted by atomic mass is 10.9. The molecule has 0 unspecified atom stereocenters. The van der Waals surface area contributed by atoms with Crippen LogP contribution in [0.15, 0.2) is 70.2 Å². The Morgan fingerprint density at radius 3 is 1.53 bits per heavy atom. The van der Waals surface area contributed by atoms with E-state index in [-0.39, 0.29) is 0 Å². The number of nitrogens with zero attached hydrogens (tertiary/aromatic N) is 6. The topological polar surface area (TPSA) is 93.0 Å². The summed E-state index contributed by atoms with van der Waals surface area (Å²) in [6.45, 7) is 4.23. The van der Waals surface area contributed by atoms with Crippen molar-refractivity contribution in [3.8, 4) is 0 Å². The lowest BCUT2D eigenvalue weighted by Crippen LogP contribution is -1.87. The quantitative estimate of drug-likeness (QED) is 0.335. The standard InChI is InChI=1S/C6H10N2S.2C5H8N2S.C4H6N2S/c1-3-9-6-7-4-5-8(6)2;1-7-4-3-6-5(7)8-2;1-2-8-5-6-3-4-7-5;1-7-4-5-2-3-6-4/h4-5H,3H2,1-2H3;3-4H,1-2H3;3-4H,2H2,1H3,(H,6,7);2-3H,1H3,(H,5,6). The Morgan fingerprint density at radius 2 is 1.22 bits per heavy atom. The number of imidazole rings is 4. The smallest absolute Gasteiger partial charge is 0.167 e. The van der Waals surface area contributed by atoms with Crippen LogP contribution in [0.5, 0.6) is 0 Å². The van der Waals surface area contributed by atoms with Gasteiger partial charge in [0.15, 0.2) is 20.6 Å². The highest BCUT2D eigenvalue weighted by Crippen LogP contribution is 2.12. The highest BCUT2D eigenvalue weighted by atomic mass is 32.2. The molecule has 0 fully saturated rings. The van der Waals surface area contributed by atoms with Crippen molar-refractivity contribution in [3.05, 3.63) is 49.6 Å². The van der Waals surface area contributed by atoms with Gasteiger partial charge in [-0.1, -0.05) is 60.9 Å². The van der Waals surface area contributed by atoms with Crippen LogP contribution in [-0.2, 0) is 14.1 Å². The van der Waals surface area contributed by atoms with Crippen LogP contribution in [0, 0.1) is 0 Å². The van der Waals surface area contributed by atoms with Gasteiger partial charge in [-0.3, -0.25) is 0 Å². The van der Waals surface area contributed by atoms with E-state index in [0.29, 0.717) is 0 Å². The third kappa shape index (κ3) is 11.7. The number of H-pyrrole nitrogens is 2. The Labute approximate surface area is 207 Å². The number of rotatable bonds is 6. The molecule has 0 amide bonds. The van der Waals surface area contributed by atoms with Crippen LogP contribution >= 0.6 is 47.0 Å². The van der Waals surface area contributed by atoms with Crippen LogP contribution in [0.4, 0.5) is 0 Å². The van der Waals surface area contributed by atoms with E-state index in [2.05, 4.69) is 43.8 Å². The van der Waals surface area contributed by atoms with Gasteiger partial charge in [0.05, 0.1) is 0 Å². The zero-order valence-corrected chi connectivity index (χ0v) is 22.6. The van der Waals surface area contributed by atoms with Crippen LogP contribution in [0.3, 0.4) is 0 Å². The molecule has 0 aliphatic rings. The van der Waals surface area contributed by atoms with Crippen molar-refractivity contribution in [2.45, 2.75) is 34.5 Å². The molecular weight excluding hydrogens is 481 g/mol. The Hall–Kier alpha value is -1.76. The van der Waals surface area contributed by atoms with Crippen LogP contribution in [-0.4, -0.2) is 63.1 Å². The van der Waals surface area contributed by atoms with Gasteiger partial charge in [0, 0.05) is 63.7 Å². The van der Waals surface area contributed by atoms with Crippen LogP contribution in [0.25, 0.3) is 0 Å². The fourth-order valence-electron chi connectivity index (χ4n) is 2.00. The molecule has 0 atom stereocenters. The molecule has 0 spiro atoms. The number of nitrogens with one attached hydrogen (secondary N) is 2. The molecule has 4 aromatic rings. The average molecular weight is 513 g/mol. The van der Waals surface area contributed by atoms with E-state index < -0.39 is 0 Å². The Kier molecular flexibility index (Phi) is 15.7. The highest BCUT2D eigenvalue weighted by Gasteiger charge is 1.94. The van der Waals surface area contributed by atoms with E-state index in [1.807, 2.05) is 66.7 Å². The van der Waals surface area contributed by atoms with Gasteiger partial charge in [0.2, 0.25) is 0 Å². The number of aromatic nitrogens is 8. The Morgan fingerprint density at radius 1 is 0.688 bits per heavy atom. The predicted molar refractivity (Wildman–Crippen MR) is 140 cm³/mol. The largest absolute Gasteiger partial charge is 0.340 e. The minimum Gasteiger partial charge on any atom is -0.340 e. The Bertz CT molecular complexity index is 919. The minimum atomic E-state index is 0.972. The molecule has 0 saturated heterocycles. The summed E-state index contributed by atoms with van der Waals surface area (Å²) in [4.78, 5) is 22.1. The molecule has 0 aliphatic carbocycles. The molecule has 8 nitrogen and oxygen atoms in total. The van der Waals surface area contributed by atoms with E-state index in [1.54, 1.807) is 65.6 Å². The number of thioether (sulfide) groups is 4. The third-order valence-electron chi connectivity index (χ3n) is 3.43. The van der Waals surface area contributed by atoms with Crippen molar-refractivity contribution < 1.29 is 0 Å². The second kappa shape index (κ2) is 17.8. The first-order valence-electron chi connectivity index (χ1n) is 9.82. The summed E-state index contributed by atoms with van der Waals surface area (Å²) >= 11 is 6.74. The summed E-state index contributed by atoms with van der Waals surface area (Å²) in [5, 5.41) is 4.13. The molecule has 0 radical (unpaired) electrons. The van der Waals surface area contributed by atoms with Crippen molar-refractivity contribution in [1.82, 2.24) is 39.0 Å². The molecule has 2 N–H and O–H groups in total. The SMILES string of the molecule is CCSc1ncc[nH]1.CCSc1nccn1C.CSc1ncc[nH]1.CSc1nccn1C. The molecule has 4 rings (SSSR count). The van der Waals surface area contributed by atoms with E-state index in [1.165, 1.54) is 0 Å². The average Bonchev–Trinajstić information content (AvgIpc) is 3.60. The van der Waals surface area contributed by atoms with Gasteiger partial charge in [0.1, 0.15) is 0 Å². The normalized spacial score (nSPS) is 9.69. The molecule has 4 aromatic heterocycles. The van der Waals surface area contributed by atoms with Crippen LogP contribution in [0.2, 0.25) is 0 Å². The molecule has 32 heavy (non-hydrogen) atoms. The maximum Gasteiger partial charge on any atom is 0.167 e. The molecule has 0 aliphatic heterocycles. The van der Waals surface area contributed by atoms with Gasteiger partial charge in [0.25, 0.3) is 0 Å². The second-order valence-corrected chi connectivity index (χ2v) is 9.76. The van der Waals surface area contributed by atoms with Gasteiger partial charge in [-0.25, -0.2) is 19.9 Å². The Balaban J connectivity index is 0.000000214. The highest BCUT2D eigenvalue weighted by molar-refractivity contribution is 7.99. The summed E-state index contributed by atoms with van der Waals surface area (Å²) in [6, 6.07) is 0. The fraction of sp³-hybridized carbons (Fsp3) is 0.400. The van der Waals surface area contributed by atoms with Gasteiger partial charge in [-0.15, -0.1) is 0 Å². The predicted octanol–water partition coefficient (Wildman–Crippen LogP) is 5.33. The van der Waals surface area contributed by atoms with E-state index in [4.69, 9.17) is 0 Å². The summed E-state index contributed by atoms with van der Waals surface area (Å²) < 4.78 is 4.01.